The maximum atomic E-state index is 5.45. The minimum atomic E-state index is 0.200. The number of methoxy groups -OCH3 is 2. The van der Waals surface area contributed by atoms with E-state index in [0.717, 1.165) is 22.6 Å². The van der Waals surface area contributed by atoms with Gasteiger partial charge in [0.25, 0.3) is 0 Å². The van der Waals surface area contributed by atoms with E-state index in [0.29, 0.717) is 12.4 Å². The molecule has 0 amide bonds. The third-order valence-electron chi connectivity index (χ3n) is 4.32. The number of benzene rings is 2. The molecule has 0 saturated carbocycles. The zero-order valence-electron chi connectivity index (χ0n) is 15.3. The van der Waals surface area contributed by atoms with Crippen LogP contribution in [0.4, 0.5) is 0 Å². The number of hydrogen-bond donors (Lipinski definition) is 1. The summed E-state index contributed by atoms with van der Waals surface area (Å²) in [4.78, 5) is 0. The highest BCUT2D eigenvalue weighted by Gasteiger charge is 2.08. The second kappa shape index (κ2) is 8.45. The molecule has 5 nitrogen and oxygen atoms in total. The molecular weight excluding hydrogens is 326 g/mol. The van der Waals surface area contributed by atoms with Crippen molar-refractivity contribution in [3.63, 3.8) is 0 Å². The van der Waals surface area contributed by atoms with Gasteiger partial charge in [0.15, 0.2) is 0 Å². The molecule has 3 rings (SSSR count). The van der Waals surface area contributed by atoms with Gasteiger partial charge in [0.1, 0.15) is 5.75 Å². The molecule has 0 aliphatic carbocycles. The Labute approximate surface area is 154 Å². The molecular formula is C21H23N3O2. The van der Waals surface area contributed by atoms with Gasteiger partial charge in [-0.2, -0.15) is 5.10 Å². The number of para-hydroxylation sites is 1. The lowest BCUT2D eigenvalue weighted by Crippen LogP contribution is -2.19. The first-order valence-corrected chi connectivity index (χ1v) is 8.54. The molecule has 1 unspecified atom stereocenters. The number of hydrogen-bond acceptors (Lipinski definition) is 5. The normalized spacial score (nSPS) is 11.8. The molecule has 2 aromatic carbocycles. The van der Waals surface area contributed by atoms with Crippen LogP contribution in [0.3, 0.4) is 0 Å². The molecule has 0 aliphatic rings. The maximum absolute atomic E-state index is 5.45. The highest BCUT2D eigenvalue weighted by atomic mass is 16.5. The van der Waals surface area contributed by atoms with Crippen molar-refractivity contribution in [2.24, 2.45) is 0 Å². The van der Waals surface area contributed by atoms with Crippen LogP contribution in [0.1, 0.15) is 24.2 Å². The molecule has 26 heavy (non-hydrogen) atoms. The summed E-state index contributed by atoms with van der Waals surface area (Å²) in [6.45, 7) is 2.78. The first kappa shape index (κ1) is 17.9. The standard InChI is InChI=1S/C21H23N3O2/c1-15(22-14-18-12-13-21(26-3)24-23-18)16-8-10-17(11-9-16)19-6-4-5-7-20(19)25-2/h4-13,15,22H,14H2,1-3H3. The van der Waals surface area contributed by atoms with E-state index in [1.165, 1.54) is 5.56 Å². The van der Waals surface area contributed by atoms with Gasteiger partial charge in [-0.3, -0.25) is 0 Å². The Morgan fingerprint density at radius 2 is 1.65 bits per heavy atom. The van der Waals surface area contributed by atoms with E-state index in [2.05, 4.69) is 52.8 Å². The van der Waals surface area contributed by atoms with Gasteiger partial charge in [-0.15, -0.1) is 5.10 Å². The lowest BCUT2D eigenvalue weighted by Gasteiger charge is -2.15. The molecule has 0 bridgehead atoms. The Kier molecular flexibility index (Phi) is 5.81. The van der Waals surface area contributed by atoms with Crippen molar-refractivity contribution in [1.29, 1.82) is 0 Å². The molecule has 1 atom stereocenters. The van der Waals surface area contributed by atoms with Gasteiger partial charge in [0.05, 0.1) is 19.9 Å². The zero-order chi connectivity index (χ0) is 18.4. The summed E-state index contributed by atoms with van der Waals surface area (Å²) in [6.07, 6.45) is 0. The number of aromatic nitrogens is 2. The van der Waals surface area contributed by atoms with Crippen LogP contribution in [0.25, 0.3) is 11.1 Å². The van der Waals surface area contributed by atoms with Crippen molar-refractivity contribution in [2.45, 2.75) is 19.5 Å². The Bertz CT molecular complexity index is 833. The quantitative estimate of drug-likeness (QED) is 0.698. The molecule has 134 valence electrons. The van der Waals surface area contributed by atoms with Gasteiger partial charge in [-0.1, -0.05) is 42.5 Å². The predicted octanol–water partition coefficient (Wildman–Crippen LogP) is 4.01. The van der Waals surface area contributed by atoms with Gasteiger partial charge in [0.2, 0.25) is 5.88 Å². The zero-order valence-corrected chi connectivity index (χ0v) is 15.3. The average molecular weight is 349 g/mol. The fourth-order valence-corrected chi connectivity index (χ4v) is 2.76. The molecule has 1 aromatic heterocycles. The topological polar surface area (TPSA) is 56.3 Å². The van der Waals surface area contributed by atoms with Crippen LogP contribution in [0.15, 0.2) is 60.7 Å². The Hall–Kier alpha value is -2.92. The molecule has 5 heteroatoms. The fourth-order valence-electron chi connectivity index (χ4n) is 2.76. The molecule has 0 aliphatic heterocycles. The van der Waals surface area contributed by atoms with Crippen LogP contribution in [0.5, 0.6) is 11.6 Å². The van der Waals surface area contributed by atoms with Crippen molar-refractivity contribution >= 4 is 0 Å². The van der Waals surface area contributed by atoms with E-state index in [1.807, 2.05) is 30.3 Å². The lowest BCUT2D eigenvalue weighted by atomic mass is 10.0. The van der Waals surface area contributed by atoms with Crippen molar-refractivity contribution in [1.82, 2.24) is 15.5 Å². The molecule has 0 spiro atoms. The summed E-state index contributed by atoms with van der Waals surface area (Å²) in [7, 11) is 3.28. The van der Waals surface area contributed by atoms with Gasteiger partial charge in [-0.25, -0.2) is 0 Å². The van der Waals surface area contributed by atoms with E-state index >= 15 is 0 Å². The highest BCUT2D eigenvalue weighted by molar-refractivity contribution is 5.70. The van der Waals surface area contributed by atoms with Crippen molar-refractivity contribution < 1.29 is 9.47 Å². The molecule has 0 fully saturated rings. The van der Waals surface area contributed by atoms with Gasteiger partial charge >= 0.3 is 0 Å². The second-order valence-electron chi connectivity index (χ2n) is 5.99. The van der Waals surface area contributed by atoms with Crippen LogP contribution >= 0.6 is 0 Å². The summed E-state index contributed by atoms with van der Waals surface area (Å²) < 4.78 is 10.5. The minimum absolute atomic E-state index is 0.200. The minimum Gasteiger partial charge on any atom is -0.496 e. The van der Waals surface area contributed by atoms with Gasteiger partial charge in [0, 0.05) is 24.2 Å². The first-order chi connectivity index (χ1) is 12.7. The molecule has 0 radical (unpaired) electrons. The van der Waals surface area contributed by atoms with E-state index in [-0.39, 0.29) is 6.04 Å². The summed E-state index contributed by atoms with van der Waals surface area (Å²) in [6, 6.07) is 20.5. The van der Waals surface area contributed by atoms with Crippen LogP contribution in [-0.2, 0) is 6.54 Å². The predicted molar refractivity (Wildman–Crippen MR) is 102 cm³/mol. The Balaban J connectivity index is 1.65. The molecule has 1 heterocycles. The van der Waals surface area contributed by atoms with Crippen LogP contribution in [-0.4, -0.2) is 24.4 Å². The summed E-state index contributed by atoms with van der Waals surface area (Å²) in [5.41, 5.74) is 4.32. The summed E-state index contributed by atoms with van der Waals surface area (Å²) in [5, 5.41) is 11.6. The Morgan fingerprint density at radius 3 is 2.31 bits per heavy atom. The fraction of sp³-hybridized carbons (Fsp3) is 0.238. The SMILES string of the molecule is COc1ccc(CNC(C)c2ccc(-c3ccccc3OC)cc2)nn1. The highest BCUT2D eigenvalue weighted by Crippen LogP contribution is 2.30. The van der Waals surface area contributed by atoms with Crippen LogP contribution in [0.2, 0.25) is 0 Å². The van der Waals surface area contributed by atoms with Gasteiger partial charge < -0.3 is 14.8 Å². The van der Waals surface area contributed by atoms with Crippen molar-refractivity contribution in [3.05, 3.63) is 71.9 Å². The molecule has 3 aromatic rings. The lowest BCUT2D eigenvalue weighted by molar-refractivity contribution is 0.390. The third-order valence-corrected chi connectivity index (χ3v) is 4.32. The van der Waals surface area contributed by atoms with Gasteiger partial charge in [-0.05, 0) is 30.2 Å². The molecule has 1 N–H and O–H groups in total. The molecule has 0 saturated heterocycles. The smallest absolute Gasteiger partial charge is 0.233 e. The number of ether oxygens (including phenoxy) is 2. The van der Waals surface area contributed by atoms with E-state index in [1.54, 1.807) is 14.2 Å². The van der Waals surface area contributed by atoms with E-state index in [4.69, 9.17) is 9.47 Å². The maximum Gasteiger partial charge on any atom is 0.233 e. The number of nitrogens with zero attached hydrogens (tertiary/aromatic N) is 2. The van der Waals surface area contributed by atoms with E-state index < -0.39 is 0 Å². The monoisotopic (exact) mass is 349 g/mol. The first-order valence-electron chi connectivity index (χ1n) is 8.54. The van der Waals surface area contributed by atoms with E-state index in [9.17, 15) is 0 Å². The van der Waals surface area contributed by atoms with Crippen LogP contribution in [0, 0.1) is 0 Å². The van der Waals surface area contributed by atoms with Crippen molar-refractivity contribution in [2.75, 3.05) is 14.2 Å². The number of rotatable bonds is 7. The largest absolute Gasteiger partial charge is 0.496 e. The second-order valence-corrected chi connectivity index (χ2v) is 5.99. The summed E-state index contributed by atoms with van der Waals surface area (Å²) >= 11 is 0. The number of nitrogens with one attached hydrogen (secondary N) is 1. The van der Waals surface area contributed by atoms with Crippen molar-refractivity contribution in [3.8, 4) is 22.8 Å². The van der Waals surface area contributed by atoms with Crippen LogP contribution < -0.4 is 14.8 Å². The summed E-state index contributed by atoms with van der Waals surface area (Å²) in [5.74, 6) is 1.40. The third kappa shape index (κ3) is 4.18. The Morgan fingerprint density at radius 1 is 0.885 bits per heavy atom. The average Bonchev–Trinajstić information content (AvgIpc) is 2.72.